The Balaban J connectivity index is 2.07. The summed E-state index contributed by atoms with van der Waals surface area (Å²) in [6, 6.07) is -0.787. The van der Waals surface area contributed by atoms with Crippen LogP contribution in [-0.4, -0.2) is 44.8 Å². The first-order chi connectivity index (χ1) is 8.83. The Kier molecular flexibility index (Phi) is 3.32. The predicted octanol–water partition coefficient (Wildman–Crippen LogP) is -0.257. The average molecular weight is 266 g/mol. The van der Waals surface area contributed by atoms with Crippen molar-refractivity contribution >= 4 is 11.9 Å². The lowest BCUT2D eigenvalue weighted by Gasteiger charge is -2.22. The number of rotatable bonds is 3. The highest BCUT2D eigenvalue weighted by atomic mass is 16.4. The minimum Gasteiger partial charge on any atom is -0.481 e. The summed E-state index contributed by atoms with van der Waals surface area (Å²) in [4.78, 5) is 24.9. The molecule has 0 aliphatic carbocycles. The largest absolute Gasteiger partial charge is 0.481 e. The molecule has 1 aromatic heterocycles. The maximum Gasteiger partial charge on any atom is 0.311 e. The van der Waals surface area contributed by atoms with Gasteiger partial charge in [-0.15, -0.1) is 0 Å². The molecule has 1 amide bonds. The van der Waals surface area contributed by atoms with Crippen molar-refractivity contribution in [2.24, 2.45) is 18.2 Å². The van der Waals surface area contributed by atoms with E-state index in [2.05, 4.69) is 5.10 Å². The summed E-state index contributed by atoms with van der Waals surface area (Å²) in [6.07, 6.45) is 3.69. The van der Waals surface area contributed by atoms with Gasteiger partial charge in [0.15, 0.2) is 0 Å². The molecule has 1 aliphatic rings. The molecular formula is C12H18N4O3. The summed E-state index contributed by atoms with van der Waals surface area (Å²) >= 11 is 0. The van der Waals surface area contributed by atoms with Crippen LogP contribution in [0.25, 0.3) is 0 Å². The van der Waals surface area contributed by atoms with E-state index < -0.39 is 17.4 Å². The number of carboxylic acid groups (broad SMARTS) is 1. The minimum atomic E-state index is -0.877. The van der Waals surface area contributed by atoms with Crippen molar-refractivity contribution in [3.8, 4) is 0 Å². The Morgan fingerprint density at radius 3 is 2.74 bits per heavy atom. The summed E-state index contributed by atoms with van der Waals surface area (Å²) in [7, 11) is 1.75. The Labute approximate surface area is 111 Å². The zero-order valence-corrected chi connectivity index (χ0v) is 11.0. The van der Waals surface area contributed by atoms with Gasteiger partial charge in [0.1, 0.15) is 6.04 Å². The van der Waals surface area contributed by atoms with Crippen molar-refractivity contribution in [1.29, 1.82) is 0 Å². The molecule has 7 nitrogen and oxygen atoms in total. The SMILES string of the molecule is Cn1cc(C(N)C(=O)N2CCC(C)(C(=O)O)C2)cn1. The summed E-state index contributed by atoms with van der Waals surface area (Å²) in [5.41, 5.74) is 5.67. The van der Waals surface area contributed by atoms with Crippen LogP contribution in [0.5, 0.6) is 0 Å². The smallest absolute Gasteiger partial charge is 0.311 e. The van der Waals surface area contributed by atoms with Crippen LogP contribution in [0.4, 0.5) is 0 Å². The van der Waals surface area contributed by atoms with E-state index in [1.165, 1.54) is 4.90 Å². The maximum atomic E-state index is 12.2. The number of aryl methyl sites for hydroxylation is 1. The van der Waals surface area contributed by atoms with Gasteiger partial charge in [0, 0.05) is 31.9 Å². The van der Waals surface area contributed by atoms with E-state index in [1.807, 2.05) is 0 Å². The highest BCUT2D eigenvalue weighted by molar-refractivity contribution is 5.85. The van der Waals surface area contributed by atoms with Crippen LogP contribution in [-0.2, 0) is 16.6 Å². The first-order valence-electron chi connectivity index (χ1n) is 6.10. The van der Waals surface area contributed by atoms with Gasteiger partial charge in [-0.3, -0.25) is 14.3 Å². The third kappa shape index (κ3) is 2.46. The van der Waals surface area contributed by atoms with Gasteiger partial charge in [0.05, 0.1) is 11.6 Å². The lowest BCUT2D eigenvalue weighted by atomic mass is 9.90. The maximum absolute atomic E-state index is 12.2. The molecule has 1 saturated heterocycles. The molecule has 19 heavy (non-hydrogen) atoms. The Hall–Kier alpha value is -1.89. The number of carbonyl (C=O) groups excluding carboxylic acids is 1. The molecule has 7 heteroatoms. The number of aliphatic carboxylic acids is 1. The number of nitrogens with two attached hydrogens (primary N) is 1. The Morgan fingerprint density at radius 1 is 1.58 bits per heavy atom. The summed E-state index contributed by atoms with van der Waals surface area (Å²) in [5, 5.41) is 13.1. The standard InChI is InChI=1S/C12H18N4O3/c1-12(11(18)19)3-4-16(7-12)10(17)9(13)8-5-14-15(2)6-8/h5-6,9H,3-4,7,13H2,1-2H3,(H,18,19). The lowest BCUT2D eigenvalue weighted by molar-refractivity contribution is -0.147. The molecule has 1 aromatic rings. The van der Waals surface area contributed by atoms with Crippen LogP contribution in [0.2, 0.25) is 0 Å². The number of carbonyl (C=O) groups is 2. The van der Waals surface area contributed by atoms with Gasteiger partial charge >= 0.3 is 5.97 Å². The highest BCUT2D eigenvalue weighted by Gasteiger charge is 2.43. The molecule has 2 unspecified atom stereocenters. The number of hydrogen-bond acceptors (Lipinski definition) is 4. The number of aromatic nitrogens is 2. The number of amides is 1. The second-order valence-corrected chi connectivity index (χ2v) is 5.30. The molecule has 0 bridgehead atoms. The van der Waals surface area contributed by atoms with Crippen LogP contribution in [0.3, 0.4) is 0 Å². The van der Waals surface area contributed by atoms with Crippen LogP contribution >= 0.6 is 0 Å². The number of hydrogen-bond donors (Lipinski definition) is 2. The second kappa shape index (κ2) is 4.65. The van der Waals surface area contributed by atoms with E-state index in [9.17, 15) is 9.59 Å². The highest BCUT2D eigenvalue weighted by Crippen LogP contribution is 2.31. The predicted molar refractivity (Wildman–Crippen MR) is 67.1 cm³/mol. The number of carboxylic acids is 1. The first kappa shape index (κ1) is 13.5. The molecule has 2 atom stereocenters. The number of nitrogens with zero attached hydrogens (tertiary/aromatic N) is 3. The molecule has 1 aliphatic heterocycles. The summed E-state index contributed by atoms with van der Waals surface area (Å²) in [5.74, 6) is -1.13. The van der Waals surface area contributed by atoms with E-state index in [4.69, 9.17) is 10.8 Å². The molecule has 0 saturated carbocycles. The second-order valence-electron chi connectivity index (χ2n) is 5.30. The molecule has 0 spiro atoms. The zero-order chi connectivity index (χ0) is 14.2. The third-order valence-corrected chi connectivity index (χ3v) is 3.65. The van der Waals surface area contributed by atoms with Gasteiger partial charge in [-0.2, -0.15) is 5.10 Å². The van der Waals surface area contributed by atoms with E-state index in [0.717, 1.165) is 0 Å². The quantitative estimate of drug-likeness (QED) is 0.785. The van der Waals surface area contributed by atoms with Gasteiger partial charge in [0.25, 0.3) is 0 Å². The van der Waals surface area contributed by atoms with E-state index in [-0.39, 0.29) is 12.5 Å². The normalized spacial score (nSPS) is 24.5. The summed E-state index contributed by atoms with van der Waals surface area (Å²) in [6.45, 7) is 2.28. The molecular weight excluding hydrogens is 248 g/mol. The van der Waals surface area contributed by atoms with Crippen molar-refractivity contribution in [3.63, 3.8) is 0 Å². The zero-order valence-electron chi connectivity index (χ0n) is 11.0. The minimum absolute atomic E-state index is 0.204. The van der Waals surface area contributed by atoms with Crippen molar-refractivity contribution in [1.82, 2.24) is 14.7 Å². The van der Waals surface area contributed by atoms with Crippen molar-refractivity contribution < 1.29 is 14.7 Å². The van der Waals surface area contributed by atoms with E-state index in [1.54, 1.807) is 31.0 Å². The topological polar surface area (TPSA) is 101 Å². The fraction of sp³-hybridized carbons (Fsp3) is 0.583. The fourth-order valence-corrected chi connectivity index (χ4v) is 2.26. The lowest BCUT2D eigenvalue weighted by Crippen LogP contribution is -2.39. The van der Waals surface area contributed by atoms with Crippen molar-refractivity contribution in [2.45, 2.75) is 19.4 Å². The molecule has 104 valence electrons. The fourth-order valence-electron chi connectivity index (χ4n) is 2.26. The molecule has 0 aromatic carbocycles. The van der Waals surface area contributed by atoms with Crippen LogP contribution in [0.15, 0.2) is 12.4 Å². The van der Waals surface area contributed by atoms with Crippen LogP contribution in [0, 0.1) is 5.41 Å². The molecule has 2 heterocycles. The van der Waals surface area contributed by atoms with Gasteiger partial charge in [-0.25, -0.2) is 0 Å². The third-order valence-electron chi connectivity index (χ3n) is 3.65. The van der Waals surface area contributed by atoms with Gasteiger partial charge in [0.2, 0.25) is 5.91 Å². The Bertz CT molecular complexity index is 513. The first-order valence-corrected chi connectivity index (χ1v) is 6.10. The monoisotopic (exact) mass is 266 g/mol. The van der Waals surface area contributed by atoms with Gasteiger partial charge in [-0.05, 0) is 13.3 Å². The molecule has 0 radical (unpaired) electrons. The van der Waals surface area contributed by atoms with Crippen molar-refractivity contribution in [2.75, 3.05) is 13.1 Å². The van der Waals surface area contributed by atoms with Gasteiger partial charge in [-0.1, -0.05) is 0 Å². The van der Waals surface area contributed by atoms with Gasteiger partial charge < -0.3 is 15.7 Å². The average Bonchev–Trinajstić information content (AvgIpc) is 2.95. The Morgan fingerprint density at radius 2 is 2.26 bits per heavy atom. The van der Waals surface area contributed by atoms with E-state index in [0.29, 0.717) is 18.5 Å². The van der Waals surface area contributed by atoms with E-state index >= 15 is 0 Å². The molecule has 3 N–H and O–H groups in total. The number of likely N-dealkylation sites (tertiary alicyclic amines) is 1. The summed E-state index contributed by atoms with van der Waals surface area (Å²) < 4.78 is 1.58. The molecule has 2 rings (SSSR count). The van der Waals surface area contributed by atoms with Crippen molar-refractivity contribution in [3.05, 3.63) is 18.0 Å². The van der Waals surface area contributed by atoms with Crippen LogP contribution in [0.1, 0.15) is 24.9 Å². The van der Waals surface area contributed by atoms with Crippen LogP contribution < -0.4 is 5.73 Å². The molecule has 1 fully saturated rings.